The van der Waals surface area contributed by atoms with Crippen LogP contribution in [0.25, 0.3) is 0 Å². The number of rotatable bonds is 4. The summed E-state index contributed by atoms with van der Waals surface area (Å²) < 4.78 is 5.02. The molecule has 3 nitrogen and oxygen atoms in total. The number of Topliss-reactive ketones (excluding diaryl/α,β-unsaturated/α-hetero) is 1. The zero-order chi connectivity index (χ0) is 15.4. The van der Waals surface area contributed by atoms with Crippen LogP contribution < -0.4 is 4.74 Å². The molecule has 0 spiro atoms. The van der Waals surface area contributed by atoms with Crippen molar-refractivity contribution >= 4 is 11.8 Å². The smallest absolute Gasteiger partial charge is 0.308 e. The van der Waals surface area contributed by atoms with Crippen molar-refractivity contribution in [3.8, 4) is 5.75 Å². The molecule has 0 aromatic heterocycles. The van der Waals surface area contributed by atoms with Gasteiger partial charge in [0.1, 0.15) is 5.75 Å². The molecule has 3 heteroatoms. The number of esters is 1. The Hall–Kier alpha value is -2.42. The Morgan fingerprint density at radius 3 is 1.76 bits per heavy atom. The monoisotopic (exact) mass is 282 g/mol. The van der Waals surface area contributed by atoms with E-state index in [2.05, 4.69) is 6.92 Å². The number of hydrogen-bond acceptors (Lipinski definition) is 3. The molecule has 0 saturated carbocycles. The molecule has 0 aliphatic heterocycles. The zero-order valence-corrected chi connectivity index (χ0v) is 12.4. The molecule has 0 heterocycles. The molecule has 1 atom stereocenters. The lowest BCUT2D eigenvalue weighted by atomic mass is 9.92. The van der Waals surface area contributed by atoms with Crippen LogP contribution in [0.15, 0.2) is 48.5 Å². The van der Waals surface area contributed by atoms with Crippen LogP contribution in [0.4, 0.5) is 0 Å². The van der Waals surface area contributed by atoms with Crippen LogP contribution in [0.2, 0.25) is 0 Å². The minimum atomic E-state index is -0.323. The third-order valence-corrected chi connectivity index (χ3v) is 3.46. The largest absolute Gasteiger partial charge is 0.427 e. The minimum absolute atomic E-state index is 0.0694. The van der Waals surface area contributed by atoms with Gasteiger partial charge in [-0.3, -0.25) is 9.59 Å². The normalized spacial score (nSPS) is 11.8. The highest BCUT2D eigenvalue weighted by Crippen LogP contribution is 2.26. The third kappa shape index (κ3) is 3.78. The fourth-order valence-corrected chi connectivity index (χ4v) is 2.19. The SMILES string of the molecule is CC(=O)Oc1ccc(C(C)c2ccc(C(C)=O)cc2)cc1. The Bertz CT molecular complexity index is 639. The second-order valence-electron chi connectivity index (χ2n) is 5.06. The summed E-state index contributed by atoms with van der Waals surface area (Å²) in [4.78, 5) is 22.2. The maximum atomic E-state index is 11.3. The molecular weight excluding hydrogens is 264 g/mol. The van der Waals surface area contributed by atoms with Gasteiger partial charge >= 0.3 is 5.97 Å². The first kappa shape index (κ1) is 15.0. The molecule has 2 aromatic rings. The first-order valence-electron chi connectivity index (χ1n) is 6.86. The summed E-state index contributed by atoms with van der Waals surface area (Å²) in [6, 6.07) is 15.1. The lowest BCUT2D eigenvalue weighted by Crippen LogP contribution is -2.02. The summed E-state index contributed by atoms with van der Waals surface area (Å²) in [5, 5.41) is 0. The van der Waals surface area contributed by atoms with E-state index in [4.69, 9.17) is 4.74 Å². The van der Waals surface area contributed by atoms with E-state index in [-0.39, 0.29) is 17.7 Å². The van der Waals surface area contributed by atoms with Gasteiger partial charge in [0.25, 0.3) is 0 Å². The number of hydrogen-bond donors (Lipinski definition) is 0. The van der Waals surface area contributed by atoms with Crippen LogP contribution in [0, 0.1) is 0 Å². The summed E-state index contributed by atoms with van der Waals surface area (Å²) in [6.45, 7) is 5.04. The zero-order valence-electron chi connectivity index (χ0n) is 12.4. The standard InChI is InChI=1S/C18H18O3/c1-12(15-4-6-17(7-5-15)13(2)19)16-8-10-18(11-9-16)21-14(3)20/h4-12H,1-3H3. The van der Waals surface area contributed by atoms with Crippen LogP contribution in [-0.2, 0) is 4.79 Å². The Kier molecular flexibility index (Phi) is 4.53. The van der Waals surface area contributed by atoms with Crippen molar-refractivity contribution in [1.82, 2.24) is 0 Å². The molecule has 0 aliphatic carbocycles. The summed E-state index contributed by atoms with van der Waals surface area (Å²) >= 11 is 0. The van der Waals surface area contributed by atoms with Gasteiger partial charge < -0.3 is 4.74 Å². The van der Waals surface area contributed by atoms with Gasteiger partial charge in [-0.15, -0.1) is 0 Å². The van der Waals surface area contributed by atoms with Crippen molar-refractivity contribution in [3.63, 3.8) is 0 Å². The van der Waals surface area contributed by atoms with Crippen molar-refractivity contribution in [3.05, 3.63) is 65.2 Å². The summed E-state index contributed by atoms with van der Waals surface area (Å²) in [5.74, 6) is 0.498. The Balaban J connectivity index is 2.17. The third-order valence-electron chi connectivity index (χ3n) is 3.46. The highest BCUT2D eigenvalue weighted by molar-refractivity contribution is 5.94. The van der Waals surface area contributed by atoms with Crippen molar-refractivity contribution in [2.24, 2.45) is 0 Å². The molecule has 1 unspecified atom stereocenters. The lowest BCUT2D eigenvalue weighted by Gasteiger charge is -2.13. The lowest BCUT2D eigenvalue weighted by molar-refractivity contribution is -0.131. The Morgan fingerprint density at radius 1 is 0.857 bits per heavy atom. The fraction of sp³-hybridized carbons (Fsp3) is 0.222. The molecule has 0 amide bonds. The molecule has 2 aromatic carbocycles. The number of benzene rings is 2. The molecule has 0 radical (unpaired) electrons. The molecule has 0 fully saturated rings. The predicted molar refractivity (Wildman–Crippen MR) is 81.7 cm³/mol. The first-order chi connectivity index (χ1) is 9.97. The van der Waals surface area contributed by atoms with E-state index in [1.165, 1.54) is 6.92 Å². The first-order valence-corrected chi connectivity index (χ1v) is 6.86. The van der Waals surface area contributed by atoms with Crippen LogP contribution in [0.1, 0.15) is 48.2 Å². The van der Waals surface area contributed by atoms with E-state index in [0.717, 1.165) is 16.7 Å². The average molecular weight is 282 g/mol. The molecule has 0 saturated heterocycles. The van der Waals surface area contributed by atoms with Crippen molar-refractivity contribution in [2.75, 3.05) is 0 Å². The van der Waals surface area contributed by atoms with Crippen molar-refractivity contribution in [1.29, 1.82) is 0 Å². The number of carbonyl (C=O) groups is 2. The van der Waals surface area contributed by atoms with E-state index >= 15 is 0 Å². The average Bonchev–Trinajstić information content (AvgIpc) is 2.47. The van der Waals surface area contributed by atoms with Gasteiger partial charge in [0.05, 0.1) is 0 Å². The molecule has 0 aliphatic rings. The van der Waals surface area contributed by atoms with Crippen LogP contribution in [0.5, 0.6) is 5.75 Å². The Labute approximate surface area is 124 Å². The van der Waals surface area contributed by atoms with Crippen LogP contribution in [0.3, 0.4) is 0 Å². The van der Waals surface area contributed by atoms with Gasteiger partial charge in [0.2, 0.25) is 0 Å². The molecule has 2 rings (SSSR count). The molecular formula is C18H18O3. The number of ketones is 1. The Morgan fingerprint density at radius 2 is 1.33 bits per heavy atom. The number of carbonyl (C=O) groups excluding carboxylic acids is 2. The van der Waals surface area contributed by atoms with E-state index in [9.17, 15) is 9.59 Å². The van der Waals surface area contributed by atoms with E-state index in [1.807, 2.05) is 36.4 Å². The fourth-order valence-electron chi connectivity index (χ4n) is 2.19. The summed E-state index contributed by atoms with van der Waals surface area (Å²) in [6.07, 6.45) is 0. The van der Waals surface area contributed by atoms with E-state index in [1.54, 1.807) is 19.1 Å². The van der Waals surface area contributed by atoms with Gasteiger partial charge in [0.15, 0.2) is 5.78 Å². The van der Waals surface area contributed by atoms with Gasteiger partial charge in [-0.25, -0.2) is 0 Å². The molecule has 21 heavy (non-hydrogen) atoms. The topological polar surface area (TPSA) is 43.4 Å². The van der Waals surface area contributed by atoms with Crippen LogP contribution >= 0.6 is 0 Å². The van der Waals surface area contributed by atoms with Gasteiger partial charge in [0, 0.05) is 18.4 Å². The summed E-state index contributed by atoms with van der Waals surface area (Å²) in [7, 11) is 0. The maximum Gasteiger partial charge on any atom is 0.308 e. The molecule has 0 N–H and O–H groups in total. The van der Waals surface area contributed by atoms with Gasteiger partial charge in [-0.2, -0.15) is 0 Å². The van der Waals surface area contributed by atoms with Gasteiger partial charge in [-0.05, 0) is 30.2 Å². The molecule has 108 valence electrons. The quantitative estimate of drug-likeness (QED) is 0.484. The minimum Gasteiger partial charge on any atom is -0.427 e. The number of ether oxygens (including phenoxy) is 1. The van der Waals surface area contributed by atoms with Gasteiger partial charge in [-0.1, -0.05) is 43.3 Å². The van der Waals surface area contributed by atoms with Crippen LogP contribution in [-0.4, -0.2) is 11.8 Å². The predicted octanol–water partition coefficient (Wildman–Crippen LogP) is 3.97. The molecule has 0 bridgehead atoms. The van der Waals surface area contributed by atoms with Crippen molar-refractivity contribution < 1.29 is 14.3 Å². The second kappa shape index (κ2) is 6.35. The second-order valence-corrected chi connectivity index (χ2v) is 5.06. The highest BCUT2D eigenvalue weighted by Gasteiger charge is 2.09. The summed E-state index contributed by atoms with van der Waals surface area (Å²) in [5.41, 5.74) is 2.98. The maximum absolute atomic E-state index is 11.3. The van der Waals surface area contributed by atoms with E-state index in [0.29, 0.717) is 5.75 Å². The highest BCUT2D eigenvalue weighted by atomic mass is 16.5. The van der Waals surface area contributed by atoms with E-state index < -0.39 is 0 Å². The van der Waals surface area contributed by atoms with Crippen molar-refractivity contribution in [2.45, 2.75) is 26.7 Å².